The molecule has 30 heavy (non-hydrogen) atoms. The molecule has 10 heteroatoms. The standard InChI is InChI=1S/C20H24F3N5OS/c1-2-24-19(26-12-17-27-16(13-30-17)20(21,22)23)25-11-14-6-8-15(9-7-14)28-10-4-3-5-18(28)29/h6-9,13H,2-5,10-12H2,1H3,(H2,24,25,26). The van der Waals surface area contributed by atoms with E-state index in [4.69, 9.17) is 0 Å². The van der Waals surface area contributed by atoms with Crippen molar-refractivity contribution in [1.82, 2.24) is 15.6 Å². The van der Waals surface area contributed by atoms with Crippen LogP contribution in [0.4, 0.5) is 18.9 Å². The number of amides is 1. The molecule has 6 nitrogen and oxygen atoms in total. The van der Waals surface area contributed by atoms with E-state index in [0.717, 1.165) is 47.4 Å². The maximum atomic E-state index is 12.7. The quantitative estimate of drug-likeness (QED) is 0.529. The summed E-state index contributed by atoms with van der Waals surface area (Å²) in [5.41, 5.74) is 0.981. The van der Waals surface area contributed by atoms with E-state index in [0.29, 0.717) is 30.5 Å². The first kappa shape index (κ1) is 22.1. The molecule has 0 unspecified atom stereocenters. The number of carbonyl (C=O) groups excluding carboxylic acids is 1. The van der Waals surface area contributed by atoms with Crippen LogP contribution in [-0.4, -0.2) is 29.9 Å². The first-order chi connectivity index (χ1) is 14.4. The second-order valence-corrected chi connectivity index (χ2v) is 7.78. The molecule has 1 aliphatic rings. The molecule has 0 radical (unpaired) electrons. The van der Waals surface area contributed by atoms with E-state index >= 15 is 0 Å². The number of hydrogen-bond donors (Lipinski definition) is 2. The number of alkyl halides is 3. The second-order valence-electron chi connectivity index (χ2n) is 6.84. The van der Waals surface area contributed by atoms with Gasteiger partial charge in [-0.1, -0.05) is 12.1 Å². The Morgan fingerprint density at radius 2 is 2.00 bits per heavy atom. The second kappa shape index (κ2) is 9.92. The molecule has 1 aromatic heterocycles. The van der Waals surface area contributed by atoms with Crippen LogP contribution in [0.5, 0.6) is 0 Å². The molecule has 1 saturated heterocycles. The molecule has 1 aliphatic heterocycles. The summed E-state index contributed by atoms with van der Waals surface area (Å²) in [6.45, 7) is 3.83. The van der Waals surface area contributed by atoms with Gasteiger partial charge in [0, 0.05) is 30.6 Å². The van der Waals surface area contributed by atoms with Gasteiger partial charge in [-0.05, 0) is 37.5 Å². The lowest BCUT2D eigenvalue weighted by molar-refractivity contribution is -0.140. The summed E-state index contributed by atoms with van der Waals surface area (Å²) >= 11 is 0.958. The number of anilines is 1. The highest BCUT2D eigenvalue weighted by molar-refractivity contribution is 7.09. The average Bonchev–Trinajstić information content (AvgIpc) is 3.21. The summed E-state index contributed by atoms with van der Waals surface area (Å²) in [7, 11) is 0. The molecular weight excluding hydrogens is 415 g/mol. The minimum Gasteiger partial charge on any atom is -0.357 e. The minimum atomic E-state index is -4.43. The van der Waals surface area contributed by atoms with Gasteiger partial charge in [-0.25, -0.2) is 9.98 Å². The van der Waals surface area contributed by atoms with Crippen LogP contribution in [0.1, 0.15) is 42.5 Å². The van der Waals surface area contributed by atoms with Gasteiger partial charge in [-0.3, -0.25) is 4.79 Å². The topological polar surface area (TPSA) is 69.6 Å². The number of aromatic nitrogens is 1. The molecule has 1 amide bonds. The Labute approximate surface area is 177 Å². The van der Waals surface area contributed by atoms with Crippen molar-refractivity contribution < 1.29 is 18.0 Å². The van der Waals surface area contributed by atoms with Crippen molar-refractivity contribution in [1.29, 1.82) is 0 Å². The van der Waals surface area contributed by atoms with Gasteiger partial charge in [0.1, 0.15) is 5.01 Å². The van der Waals surface area contributed by atoms with E-state index < -0.39 is 11.9 Å². The fraction of sp³-hybridized carbons (Fsp3) is 0.450. The zero-order chi connectivity index (χ0) is 21.6. The monoisotopic (exact) mass is 439 g/mol. The number of nitrogens with one attached hydrogen (secondary N) is 2. The molecule has 0 saturated carbocycles. The molecule has 0 aliphatic carbocycles. The lowest BCUT2D eigenvalue weighted by Gasteiger charge is -2.26. The van der Waals surface area contributed by atoms with Crippen molar-refractivity contribution in [3.05, 3.63) is 45.9 Å². The Bertz CT molecular complexity index is 879. The Morgan fingerprint density at radius 1 is 1.23 bits per heavy atom. The van der Waals surface area contributed by atoms with Crippen LogP contribution >= 0.6 is 11.3 Å². The Kier molecular flexibility index (Phi) is 7.30. The van der Waals surface area contributed by atoms with E-state index in [9.17, 15) is 18.0 Å². The lowest BCUT2D eigenvalue weighted by Crippen LogP contribution is -2.36. The third kappa shape index (κ3) is 5.94. The number of benzene rings is 1. The number of piperidine rings is 1. The number of halogens is 3. The van der Waals surface area contributed by atoms with Crippen LogP contribution in [0.25, 0.3) is 0 Å². The van der Waals surface area contributed by atoms with Gasteiger partial charge in [-0.15, -0.1) is 11.3 Å². The van der Waals surface area contributed by atoms with E-state index in [2.05, 4.69) is 20.6 Å². The first-order valence-corrected chi connectivity index (χ1v) is 10.7. The van der Waals surface area contributed by atoms with Crippen LogP contribution in [0, 0.1) is 0 Å². The van der Waals surface area contributed by atoms with Crippen molar-refractivity contribution in [2.75, 3.05) is 18.0 Å². The van der Waals surface area contributed by atoms with Gasteiger partial charge in [0.05, 0.1) is 13.1 Å². The molecule has 2 N–H and O–H groups in total. The number of hydrogen-bond acceptors (Lipinski definition) is 4. The van der Waals surface area contributed by atoms with Gasteiger partial charge in [-0.2, -0.15) is 13.2 Å². The molecule has 2 aromatic rings. The third-order valence-electron chi connectivity index (χ3n) is 4.58. The molecule has 1 aromatic carbocycles. The molecule has 3 rings (SSSR count). The van der Waals surface area contributed by atoms with Crippen molar-refractivity contribution >= 4 is 28.9 Å². The summed E-state index contributed by atoms with van der Waals surface area (Å²) in [6.07, 6.45) is -1.88. The molecule has 162 valence electrons. The zero-order valence-corrected chi connectivity index (χ0v) is 17.4. The first-order valence-electron chi connectivity index (χ1n) is 9.80. The van der Waals surface area contributed by atoms with Crippen LogP contribution in [0.15, 0.2) is 34.6 Å². The summed E-state index contributed by atoms with van der Waals surface area (Å²) in [5.74, 6) is 0.651. The van der Waals surface area contributed by atoms with Gasteiger partial charge in [0.2, 0.25) is 5.91 Å². The lowest BCUT2D eigenvalue weighted by atomic mass is 10.1. The Balaban J connectivity index is 1.58. The molecule has 1 fully saturated rings. The SMILES string of the molecule is CCNC(=NCc1ccc(N2CCCCC2=O)cc1)NCc1nc(C(F)(F)F)cs1. The molecular formula is C20H24F3N5OS. The molecule has 0 spiro atoms. The maximum Gasteiger partial charge on any atom is 0.434 e. The molecule has 2 heterocycles. The van der Waals surface area contributed by atoms with E-state index in [1.165, 1.54) is 0 Å². The largest absolute Gasteiger partial charge is 0.434 e. The van der Waals surface area contributed by atoms with Crippen molar-refractivity contribution in [3.8, 4) is 0 Å². The molecule has 0 bridgehead atoms. The van der Waals surface area contributed by atoms with Gasteiger partial charge < -0.3 is 15.5 Å². The average molecular weight is 440 g/mol. The van der Waals surface area contributed by atoms with Crippen LogP contribution in [0.2, 0.25) is 0 Å². The van der Waals surface area contributed by atoms with Gasteiger partial charge >= 0.3 is 6.18 Å². The number of thiazole rings is 1. The van der Waals surface area contributed by atoms with Crippen LogP contribution in [-0.2, 0) is 24.1 Å². The number of rotatable bonds is 6. The Hall–Kier alpha value is -2.62. The summed E-state index contributed by atoms with van der Waals surface area (Å²) in [4.78, 5) is 21.9. The highest BCUT2D eigenvalue weighted by Crippen LogP contribution is 2.30. The predicted octanol–water partition coefficient (Wildman–Crippen LogP) is 3.93. The zero-order valence-electron chi connectivity index (χ0n) is 16.6. The minimum absolute atomic E-state index is 0.154. The number of carbonyl (C=O) groups is 1. The van der Waals surface area contributed by atoms with Gasteiger partial charge in [0.15, 0.2) is 11.7 Å². The van der Waals surface area contributed by atoms with Gasteiger partial charge in [0.25, 0.3) is 0 Å². The normalized spacial score (nSPS) is 15.4. The Morgan fingerprint density at radius 3 is 2.63 bits per heavy atom. The fourth-order valence-corrected chi connectivity index (χ4v) is 3.79. The third-order valence-corrected chi connectivity index (χ3v) is 5.43. The number of guanidine groups is 1. The van der Waals surface area contributed by atoms with Crippen molar-refractivity contribution in [2.45, 2.75) is 45.5 Å². The van der Waals surface area contributed by atoms with Crippen LogP contribution in [0.3, 0.4) is 0 Å². The fourth-order valence-electron chi connectivity index (χ4n) is 3.05. The number of nitrogens with zero attached hydrogens (tertiary/aromatic N) is 3. The highest BCUT2D eigenvalue weighted by Gasteiger charge is 2.33. The summed E-state index contributed by atoms with van der Waals surface area (Å²) in [5, 5.41) is 7.42. The van der Waals surface area contributed by atoms with Crippen LogP contribution < -0.4 is 15.5 Å². The van der Waals surface area contributed by atoms with Crippen molar-refractivity contribution in [3.63, 3.8) is 0 Å². The van der Waals surface area contributed by atoms with E-state index in [-0.39, 0.29) is 12.5 Å². The van der Waals surface area contributed by atoms with E-state index in [1.54, 1.807) is 0 Å². The van der Waals surface area contributed by atoms with E-state index in [1.807, 2.05) is 36.1 Å². The summed E-state index contributed by atoms with van der Waals surface area (Å²) < 4.78 is 38.0. The maximum absolute atomic E-state index is 12.7. The highest BCUT2D eigenvalue weighted by atomic mass is 32.1. The molecule has 0 atom stereocenters. The summed E-state index contributed by atoms with van der Waals surface area (Å²) in [6, 6.07) is 7.70. The van der Waals surface area contributed by atoms with Crippen molar-refractivity contribution in [2.24, 2.45) is 4.99 Å². The predicted molar refractivity (Wildman–Crippen MR) is 111 cm³/mol. The smallest absolute Gasteiger partial charge is 0.357 e. The number of aliphatic imine (C=N–C) groups is 1.